The molecule has 0 saturated carbocycles. The van der Waals surface area contributed by atoms with Gasteiger partial charge in [-0.2, -0.15) is 0 Å². The molecule has 0 radical (unpaired) electrons. The van der Waals surface area contributed by atoms with E-state index in [1.54, 1.807) is 0 Å². The van der Waals surface area contributed by atoms with Gasteiger partial charge in [0.05, 0.1) is 17.2 Å². The fraction of sp³-hybridized carbons (Fsp3) is 0.650. The van der Waals surface area contributed by atoms with E-state index < -0.39 is 30.0 Å². The zero-order chi connectivity index (χ0) is 20.8. The highest BCUT2D eigenvalue weighted by Gasteiger charge is 2.52. The van der Waals surface area contributed by atoms with Crippen LogP contribution >= 0.6 is 11.6 Å². The van der Waals surface area contributed by atoms with E-state index >= 15 is 0 Å². The molecule has 27 heavy (non-hydrogen) atoms. The normalized spacial score (nSPS) is 19.7. The molecule has 1 heterocycles. The second-order valence-corrected chi connectivity index (χ2v) is 9.52. The quantitative estimate of drug-likeness (QED) is 0.764. The van der Waals surface area contributed by atoms with Crippen molar-refractivity contribution in [2.24, 2.45) is 0 Å². The van der Waals surface area contributed by atoms with E-state index in [9.17, 15) is 4.79 Å². The molecule has 0 unspecified atom stereocenters. The first kappa shape index (κ1) is 22.1. The number of hydrogen-bond acceptors (Lipinski definition) is 4. The molecule has 0 spiro atoms. The van der Waals surface area contributed by atoms with Crippen LogP contribution in [-0.2, 0) is 14.0 Å². The van der Waals surface area contributed by atoms with Gasteiger partial charge in [-0.05, 0) is 73.4 Å². The van der Waals surface area contributed by atoms with Crippen LogP contribution in [0.3, 0.4) is 0 Å². The topological polar surface area (TPSA) is 56.8 Å². The van der Waals surface area contributed by atoms with Crippen LogP contribution in [0.25, 0.3) is 0 Å². The Hall–Kier alpha value is -1.24. The summed E-state index contributed by atoms with van der Waals surface area (Å²) in [5, 5.41) is 3.44. The summed E-state index contributed by atoms with van der Waals surface area (Å²) in [5.41, 5.74) is 1.19. The summed E-state index contributed by atoms with van der Waals surface area (Å²) in [6.45, 7) is 17.4. The minimum Gasteiger partial charge on any atom is -0.444 e. The lowest BCUT2D eigenvalue weighted by Crippen LogP contribution is -2.41. The van der Waals surface area contributed by atoms with Crippen LogP contribution in [-0.4, -0.2) is 30.0 Å². The fourth-order valence-electron chi connectivity index (χ4n) is 2.90. The smallest absolute Gasteiger partial charge is 0.444 e. The lowest BCUT2D eigenvalue weighted by atomic mass is 9.77. The summed E-state index contributed by atoms with van der Waals surface area (Å²) >= 11 is 6.65. The summed E-state index contributed by atoms with van der Waals surface area (Å²) in [6.07, 6.45) is -0.458. The molecule has 0 bridgehead atoms. The highest BCUT2D eigenvalue weighted by atomic mass is 35.5. The number of alkyl carbamates (subject to hydrolysis) is 1. The Morgan fingerprint density at radius 2 is 1.70 bits per heavy atom. The van der Waals surface area contributed by atoms with Crippen LogP contribution in [0.5, 0.6) is 0 Å². The Bertz CT molecular complexity index is 711. The molecule has 1 atom stereocenters. The molecule has 1 aromatic rings. The Balaban J connectivity index is 2.21. The molecular formula is C20H31BClNO4. The van der Waals surface area contributed by atoms with Crippen molar-refractivity contribution in [3.05, 3.63) is 28.3 Å². The van der Waals surface area contributed by atoms with Crippen LogP contribution in [0.2, 0.25) is 5.02 Å². The molecule has 1 saturated heterocycles. The highest BCUT2D eigenvalue weighted by Crippen LogP contribution is 2.37. The van der Waals surface area contributed by atoms with E-state index in [-0.39, 0.29) is 6.04 Å². The highest BCUT2D eigenvalue weighted by molar-refractivity contribution is 6.65. The predicted molar refractivity (Wildman–Crippen MR) is 110 cm³/mol. The maximum absolute atomic E-state index is 12.1. The molecule has 1 fully saturated rings. The predicted octanol–water partition coefficient (Wildman–Crippen LogP) is 4.53. The SMILES string of the molecule is Cc1c([C@@H](C)NC(=O)OC(C)(C)C)ccc(B2OC(C)(C)C(C)(C)O2)c1Cl. The Morgan fingerprint density at radius 3 is 2.19 bits per heavy atom. The molecule has 1 amide bonds. The number of hydrogen-bond donors (Lipinski definition) is 1. The van der Waals surface area contributed by atoms with E-state index in [1.165, 1.54) is 0 Å². The van der Waals surface area contributed by atoms with E-state index in [4.69, 9.17) is 25.6 Å². The van der Waals surface area contributed by atoms with E-state index in [0.29, 0.717) is 5.02 Å². The summed E-state index contributed by atoms with van der Waals surface area (Å²) in [6, 6.07) is 3.61. The summed E-state index contributed by atoms with van der Waals surface area (Å²) in [7, 11) is -0.524. The molecule has 0 aliphatic carbocycles. The minimum absolute atomic E-state index is 0.246. The van der Waals surface area contributed by atoms with Crippen molar-refractivity contribution in [1.82, 2.24) is 5.32 Å². The van der Waals surface area contributed by atoms with E-state index in [0.717, 1.165) is 16.6 Å². The van der Waals surface area contributed by atoms with Crippen molar-refractivity contribution >= 4 is 30.3 Å². The number of amides is 1. The maximum atomic E-state index is 12.1. The van der Waals surface area contributed by atoms with Crippen molar-refractivity contribution in [2.45, 2.75) is 85.2 Å². The number of carbonyl (C=O) groups is 1. The largest absolute Gasteiger partial charge is 0.496 e. The lowest BCUT2D eigenvalue weighted by molar-refractivity contribution is 0.00578. The van der Waals surface area contributed by atoms with E-state index in [1.807, 2.05) is 74.4 Å². The monoisotopic (exact) mass is 395 g/mol. The van der Waals surface area contributed by atoms with Crippen molar-refractivity contribution < 1.29 is 18.8 Å². The third-order valence-electron chi connectivity index (χ3n) is 5.17. The van der Waals surface area contributed by atoms with Gasteiger partial charge in [0.25, 0.3) is 0 Å². The zero-order valence-electron chi connectivity index (χ0n) is 17.8. The van der Waals surface area contributed by atoms with Gasteiger partial charge >= 0.3 is 13.2 Å². The lowest BCUT2D eigenvalue weighted by Gasteiger charge is -2.32. The molecule has 7 heteroatoms. The number of rotatable bonds is 3. The molecule has 1 N–H and O–H groups in total. The van der Waals surface area contributed by atoms with Gasteiger partial charge in [-0.3, -0.25) is 0 Å². The van der Waals surface area contributed by atoms with Crippen LogP contribution in [0.4, 0.5) is 4.79 Å². The third-order valence-corrected chi connectivity index (χ3v) is 5.67. The first-order chi connectivity index (χ1) is 12.1. The van der Waals surface area contributed by atoms with Gasteiger partial charge in [-0.15, -0.1) is 0 Å². The van der Waals surface area contributed by atoms with Crippen LogP contribution < -0.4 is 10.8 Å². The van der Waals surface area contributed by atoms with Gasteiger partial charge in [0.15, 0.2) is 0 Å². The summed E-state index contributed by atoms with van der Waals surface area (Å²) in [4.78, 5) is 12.1. The number of ether oxygens (including phenoxy) is 1. The van der Waals surface area contributed by atoms with Crippen LogP contribution in [0.1, 0.15) is 72.6 Å². The van der Waals surface area contributed by atoms with E-state index in [2.05, 4.69) is 5.32 Å². The molecule has 5 nitrogen and oxygen atoms in total. The standard InChI is InChI=1S/C20H31BClNO4/c1-12-14(13(2)23-17(24)25-18(3,4)5)10-11-15(16(12)22)21-26-19(6,7)20(8,9)27-21/h10-11,13H,1-9H3,(H,23,24)/t13-/m1/s1. The van der Waals surface area contributed by atoms with Crippen molar-refractivity contribution in [1.29, 1.82) is 0 Å². The van der Waals surface area contributed by atoms with Gasteiger partial charge in [0, 0.05) is 10.5 Å². The number of benzene rings is 1. The first-order valence-corrected chi connectivity index (χ1v) is 9.66. The molecule has 1 aliphatic heterocycles. The molecule has 1 aromatic carbocycles. The average molecular weight is 396 g/mol. The second kappa shape index (κ2) is 7.30. The number of carbonyl (C=O) groups excluding carboxylic acids is 1. The van der Waals surface area contributed by atoms with Gasteiger partial charge in [-0.25, -0.2) is 4.79 Å². The average Bonchev–Trinajstić information content (AvgIpc) is 2.67. The van der Waals surface area contributed by atoms with Gasteiger partial charge < -0.3 is 19.4 Å². The van der Waals surface area contributed by atoms with Crippen LogP contribution in [0, 0.1) is 6.92 Å². The zero-order valence-corrected chi connectivity index (χ0v) is 18.6. The molecular weight excluding hydrogens is 364 g/mol. The van der Waals surface area contributed by atoms with Gasteiger partial charge in [0.1, 0.15) is 5.60 Å². The van der Waals surface area contributed by atoms with Crippen molar-refractivity contribution in [3.8, 4) is 0 Å². The van der Waals surface area contributed by atoms with Gasteiger partial charge in [0.2, 0.25) is 0 Å². The number of halogens is 1. The summed E-state index contributed by atoms with van der Waals surface area (Å²) in [5.74, 6) is 0. The van der Waals surface area contributed by atoms with Gasteiger partial charge in [-0.1, -0.05) is 23.7 Å². The molecule has 150 valence electrons. The fourth-order valence-corrected chi connectivity index (χ4v) is 3.17. The Labute approximate surface area is 168 Å². The molecule has 2 rings (SSSR count). The Morgan fingerprint density at radius 1 is 1.19 bits per heavy atom. The van der Waals surface area contributed by atoms with Crippen molar-refractivity contribution in [2.75, 3.05) is 0 Å². The summed E-state index contributed by atoms with van der Waals surface area (Å²) < 4.78 is 17.5. The first-order valence-electron chi connectivity index (χ1n) is 9.29. The molecule has 0 aromatic heterocycles. The Kier molecular flexibility index (Phi) is 5.97. The van der Waals surface area contributed by atoms with Crippen molar-refractivity contribution in [3.63, 3.8) is 0 Å². The molecule has 1 aliphatic rings. The maximum Gasteiger partial charge on any atom is 0.496 e. The third kappa shape index (κ3) is 4.79. The van der Waals surface area contributed by atoms with Crippen LogP contribution in [0.15, 0.2) is 12.1 Å². The second-order valence-electron chi connectivity index (χ2n) is 9.14. The minimum atomic E-state index is -0.545. The number of nitrogens with one attached hydrogen (secondary N) is 1.